The molecule has 0 spiro atoms. The highest BCUT2D eigenvalue weighted by molar-refractivity contribution is 6.48. The number of hydrogen-bond acceptors (Lipinski definition) is 6. The summed E-state index contributed by atoms with van der Waals surface area (Å²) in [6.07, 6.45) is 2.30. The van der Waals surface area contributed by atoms with Crippen molar-refractivity contribution in [1.29, 1.82) is 0 Å². The number of rotatable bonds is 4. The number of carbonyl (C=O) groups is 2. The van der Waals surface area contributed by atoms with Crippen LogP contribution in [-0.2, 0) is 14.3 Å². The van der Waals surface area contributed by atoms with E-state index in [0.29, 0.717) is 5.56 Å². The van der Waals surface area contributed by atoms with Gasteiger partial charge in [0.25, 0.3) is 0 Å². The maximum atomic E-state index is 14.0. The number of halogens is 1. The molecule has 0 radical (unpaired) electrons. The highest BCUT2D eigenvalue weighted by Gasteiger charge is 2.54. The minimum atomic E-state index is -1.05. The van der Waals surface area contributed by atoms with Crippen LogP contribution < -0.4 is 4.65 Å². The fraction of sp³-hybridized carbons (Fsp3) is 0.467. The lowest BCUT2D eigenvalue weighted by Crippen LogP contribution is -2.28. The molecule has 0 bridgehead atoms. The summed E-state index contributed by atoms with van der Waals surface area (Å²) in [4.78, 5) is 23.5. The van der Waals surface area contributed by atoms with Crippen molar-refractivity contribution in [3.63, 3.8) is 0 Å². The first-order valence-electron chi connectivity index (χ1n) is 7.57. The van der Waals surface area contributed by atoms with Crippen LogP contribution in [0.4, 0.5) is 4.39 Å². The normalized spacial score (nSPS) is 24.2. The molecule has 0 saturated heterocycles. The maximum Gasteiger partial charge on any atom is 0.526 e. The Balaban J connectivity index is 1.50. The van der Waals surface area contributed by atoms with Crippen molar-refractivity contribution in [2.75, 3.05) is 6.79 Å². The van der Waals surface area contributed by atoms with E-state index in [1.807, 2.05) is 0 Å². The number of carbonyl (C=O) groups excluding carboxylic acids is 2. The Hall–Kier alpha value is -2.09. The van der Waals surface area contributed by atoms with Crippen molar-refractivity contribution in [3.8, 4) is 5.75 Å². The van der Waals surface area contributed by atoms with Gasteiger partial charge in [0.2, 0.25) is 6.79 Å². The predicted octanol–water partition coefficient (Wildman–Crippen LogP) is 1.62. The van der Waals surface area contributed by atoms with Crippen molar-refractivity contribution >= 4 is 19.1 Å². The first kappa shape index (κ1) is 14.5. The summed E-state index contributed by atoms with van der Waals surface area (Å²) in [7, 11) is -1.05. The highest BCUT2D eigenvalue weighted by atomic mass is 19.1. The zero-order valence-electron chi connectivity index (χ0n) is 12.2. The molecule has 120 valence electrons. The third-order valence-corrected chi connectivity index (χ3v) is 4.49. The average Bonchev–Trinajstić information content (AvgIpc) is 3.37. The van der Waals surface area contributed by atoms with Crippen LogP contribution in [-0.4, -0.2) is 30.9 Å². The molecule has 4 rings (SSSR count). The van der Waals surface area contributed by atoms with Gasteiger partial charge in [0.15, 0.2) is 0 Å². The zero-order valence-corrected chi connectivity index (χ0v) is 12.2. The van der Waals surface area contributed by atoms with E-state index in [0.717, 1.165) is 19.3 Å². The maximum absolute atomic E-state index is 14.0. The Labute approximate surface area is 131 Å². The lowest BCUT2D eigenvalue weighted by Gasteiger charge is -2.21. The van der Waals surface area contributed by atoms with Crippen molar-refractivity contribution in [2.45, 2.75) is 31.0 Å². The molecular formula is C15H14BFO6. The smallest absolute Gasteiger partial charge is 0.526 e. The van der Waals surface area contributed by atoms with Gasteiger partial charge in [-0.05, 0) is 36.8 Å². The summed E-state index contributed by atoms with van der Waals surface area (Å²) in [6, 6.07) is 2.74. The fourth-order valence-electron chi connectivity index (χ4n) is 2.93. The second-order valence-corrected chi connectivity index (χ2v) is 6.14. The van der Waals surface area contributed by atoms with Gasteiger partial charge in [-0.2, -0.15) is 0 Å². The van der Waals surface area contributed by atoms with E-state index < -0.39 is 31.7 Å². The molecule has 1 aromatic rings. The quantitative estimate of drug-likeness (QED) is 0.516. The molecule has 3 aliphatic rings. The summed E-state index contributed by atoms with van der Waals surface area (Å²) in [5.74, 6) is -2.21. The van der Waals surface area contributed by atoms with E-state index in [1.165, 1.54) is 6.07 Å². The van der Waals surface area contributed by atoms with Crippen LogP contribution in [0.1, 0.15) is 41.1 Å². The Bertz CT molecular complexity index is 689. The molecule has 0 unspecified atom stereocenters. The first-order valence-corrected chi connectivity index (χ1v) is 7.57. The molecule has 2 saturated carbocycles. The van der Waals surface area contributed by atoms with Crippen molar-refractivity contribution in [3.05, 3.63) is 29.1 Å². The predicted molar refractivity (Wildman–Crippen MR) is 75.2 cm³/mol. The Kier molecular flexibility index (Phi) is 3.30. The molecule has 1 N–H and O–H groups in total. The van der Waals surface area contributed by atoms with E-state index >= 15 is 0 Å². The van der Waals surface area contributed by atoms with Gasteiger partial charge >= 0.3 is 19.1 Å². The molecular weight excluding hydrogens is 306 g/mol. The highest BCUT2D eigenvalue weighted by Crippen LogP contribution is 2.60. The van der Waals surface area contributed by atoms with Crippen LogP contribution in [0.2, 0.25) is 5.82 Å². The molecule has 2 atom stereocenters. The molecule has 8 heteroatoms. The minimum absolute atomic E-state index is 0.00340. The zero-order chi connectivity index (χ0) is 16.1. The summed E-state index contributed by atoms with van der Waals surface area (Å²) < 4.78 is 29.0. The Morgan fingerprint density at radius 1 is 1.35 bits per heavy atom. The largest absolute Gasteiger partial charge is 0.535 e. The van der Waals surface area contributed by atoms with E-state index in [-0.39, 0.29) is 29.0 Å². The van der Waals surface area contributed by atoms with Gasteiger partial charge in [0.1, 0.15) is 17.1 Å². The van der Waals surface area contributed by atoms with Gasteiger partial charge in [0, 0.05) is 5.82 Å². The van der Waals surface area contributed by atoms with Gasteiger partial charge in [-0.3, -0.25) is 4.79 Å². The molecule has 1 heterocycles. The van der Waals surface area contributed by atoms with Crippen LogP contribution in [0, 0.1) is 11.7 Å². The summed E-state index contributed by atoms with van der Waals surface area (Å²) in [5, 5.41) is 9.81. The first-order chi connectivity index (χ1) is 11.1. The van der Waals surface area contributed by atoms with Gasteiger partial charge in [0.05, 0.1) is 5.92 Å². The number of fused-ring (bicyclic) bond motifs is 3. The molecule has 23 heavy (non-hydrogen) atoms. The Morgan fingerprint density at radius 2 is 2.13 bits per heavy atom. The lowest BCUT2D eigenvalue weighted by atomic mass is 9.77. The second kappa shape index (κ2) is 5.23. The van der Waals surface area contributed by atoms with Gasteiger partial charge < -0.3 is 19.2 Å². The summed E-state index contributed by atoms with van der Waals surface area (Å²) in [6.45, 7) is -0.564. The van der Waals surface area contributed by atoms with Crippen molar-refractivity contribution in [2.24, 2.45) is 5.92 Å². The summed E-state index contributed by atoms with van der Waals surface area (Å²) >= 11 is 0. The second-order valence-electron chi connectivity index (χ2n) is 6.14. The van der Waals surface area contributed by atoms with Crippen LogP contribution in [0.25, 0.3) is 0 Å². The number of esters is 2. The third kappa shape index (κ3) is 2.57. The lowest BCUT2D eigenvalue weighted by molar-refractivity contribution is -0.153. The topological polar surface area (TPSA) is 82.1 Å². The van der Waals surface area contributed by atoms with Gasteiger partial charge in [-0.25, -0.2) is 9.18 Å². The van der Waals surface area contributed by atoms with Crippen LogP contribution in [0.15, 0.2) is 12.1 Å². The molecule has 0 amide bonds. The van der Waals surface area contributed by atoms with E-state index in [9.17, 15) is 19.0 Å². The number of hydrogen-bond donors (Lipinski definition) is 1. The minimum Gasteiger partial charge on any atom is -0.535 e. The van der Waals surface area contributed by atoms with E-state index in [2.05, 4.69) is 0 Å². The van der Waals surface area contributed by atoms with Crippen LogP contribution in [0.5, 0.6) is 5.75 Å². The Morgan fingerprint density at radius 3 is 2.87 bits per heavy atom. The SMILES string of the molecule is O=C(OCOC(=O)C1CC1)c1c(F)ccc2c1OB(O)[C@@H]1C[C@H]21. The van der Waals surface area contributed by atoms with Crippen molar-refractivity contribution in [1.82, 2.24) is 0 Å². The van der Waals surface area contributed by atoms with Crippen LogP contribution >= 0.6 is 0 Å². The average molecular weight is 320 g/mol. The molecule has 2 aliphatic carbocycles. The molecule has 6 nitrogen and oxygen atoms in total. The van der Waals surface area contributed by atoms with Crippen molar-refractivity contribution < 1.29 is 33.1 Å². The standard InChI is InChI=1S/C15H14BFO6/c17-11-4-3-8-9-5-10(9)16(20)23-13(8)12(11)15(19)22-6-21-14(18)7-1-2-7/h3-4,7,9-10,20H,1-2,5-6H2/t9-,10-/m1/s1. The van der Waals surface area contributed by atoms with Crippen LogP contribution in [0.3, 0.4) is 0 Å². The third-order valence-electron chi connectivity index (χ3n) is 4.49. The van der Waals surface area contributed by atoms with Gasteiger partial charge in [-0.1, -0.05) is 6.07 Å². The van der Waals surface area contributed by atoms with E-state index in [4.69, 9.17) is 14.1 Å². The van der Waals surface area contributed by atoms with Gasteiger partial charge in [-0.15, -0.1) is 0 Å². The molecule has 2 fully saturated rings. The molecule has 1 aliphatic heterocycles. The fourth-order valence-corrected chi connectivity index (χ4v) is 2.93. The summed E-state index contributed by atoms with van der Waals surface area (Å²) in [5.41, 5.74) is 0.331. The number of ether oxygens (including phenoxy) is 2. The molecule has 1 aromatic carbocycles. The number of benzene rings is 1. The molecule has 0 aromatic heterocycles. The monoisotopic (exact) mass is 320 g/mol. The van der Waals surface area contributed by atoms with E-state index in [1.54, 1.807) is 6.07 Å².